The van der Waals surface area contributed by atoms with Crippen LogP contribution in [0, 0.1) is 17.2 Å². The van der Waals surface area contributed by atoms with Crippen LogP contribution in [0.3, 0.4) is 0 Å². The Balaban J connectivity index is 3.13. The first kappa shape index (κ1) is 12.4. The van der Waals surface area contributed by atoms with Crippen molar-refractivity contribution >= 4 is 6.29 Å². The van der Waals surface area contributed by atoms with Gasteiger partial charge in [0.05, 0.1) is 11.5 Å². The number of carbonyl (C=O) groups excluding carboxylic acids is 1. The minimum Gasteiger partial charge on any atom is -0.303 e. The molecule has 0 bridgehead atoms. The summed E-state index contributed by atoms with van der Waals surface area (Å²) in [6.07, 6.45) is 1.91. The number of hydrogen-bond acceptors (Lipinski definition) is 2. The molecule has 1 atom stereocenters. The number of nitrogens with zero attached hydrogens (tertiary/aromatic N) is 1. The molecule has 0 aliphatic rings. The van der Waals surface area contributed by atoms with E-state index in [2.05, 4.69) is 6.07 Å². The number of rotatable bonds is 5. The molecule has 0 aromatic heterocycles. The third-order valence-corrected chi connectivity index (χ3v) is 3.13. The fraction of sp³-hybridized carbons (Fsp3) is 0.429. The summed E-state index contributed by atoms with van der Waals surface area (Å²) in [6.45, 7) is 4.06. The SMILES string of the molecule is CC(C)[C@](C#N)(CCC=O)c1ccccc1. The van der Waals surface area contributed by atoms with E-state index in [1.54, 1.807) is 0 Å². The first-order valence-corrected chi connectivity index (χ1v) is 5.58. The van der Waals surface area contributed by atoms with E-state index in [4.69, 9.17) is 0 Å². The molecule has 16 heavy (non-hydrogen) atoms. The van der Waals surface area contributed by atoms with Crippen LogP contribution in [0.5, 0.6) is 0 Å². The molecule has 2 heteroatoms. The molecule has 0 radical (unpaired) electrons. The Hall–Kier alpha value is -1.62. The third-order valence-electron chi connectivity index (χ3n) is 3.13. The molecule has 0 saturated carbocycles. The highest BCUT2D eigenvalue weighted by Gasteiger charge is 2.35. The van der Waals surface area contributed by atoms with Gasteiger partial charge in [-0.15, -0.1) is 0 Å². The molecule has 0 heterocycles. The van der Waals surface area contributed by atoms with Crippen LogP contribution in [0.2, 0.25) is 0 Å². The predicted octanol–water partition coefficient (Wildman–Crippen LogP) is 3.08. The molecular formula is C14H17NO. The normalized spacial score (nSPS) is 14.1. The second-order valence-corrected chi connectivity index (χ2v) is 4.31. The van der Waals surface area contributed by atoms with Crippen molar-refractivity contribution < 1.29 is 4.79 Å². The van der Waals surface area contributed by atoms with Gasteiger partial charge in [-0.3, -0.25) is 0 Å². The monoisotopic (exact) mass is 215 g/mol. The lowest BCUT2D eigenvalue weighted by atomic mass is 9.70. The summed E-state index contributed by atoms with van der Waals surface area (Å²) in [6, 6.07) is 12.1. The largest absolute Gasteiger partial charge is 0.303 e. The van der Waals surface area contributed by atoms with Crippen LogP contribution < -0.4 is 0 Å². The van der Waals surface area contributed by atoms with Gasteiger partial charge in [-0.05, 0) is 17.9 Å². The van der Waals surface area contributed by atoms with E-state index in [0.717, 1.165) is 11.8 Å². The summed E-state index contributed by atoms with van der Waals surface area (Å²) < 4.78 is 0. The second kappa shape index (κ2) is 5.46. The molecule has 1 aromatic carbocycles. The lowest BCUT2D eigenvalue weighted by Crippen LogP contribution is -2.30. The van der Waals surface area contributed by atoms with Crippen LogP contribution >= 0.6 is 0 Å². The molecular weight excluding hydrogens is 198 g/mol. The number of benzene rings is 1. The van der Waals surface area contributed by atoms with E-state index in [1.165, 1.54) is 0 Å². The van der Waals surface area contributed by atoms with E-state index in [-0.39, 0.29) is 5.92 Å². The summed E-state index contributed by atoms with van der Waals surface area (Å²) >= 11 is 0. The first-order chi connectivity index (χ1) is 7.67. The molecule has 84 valence electrons. The Bertz CT molecular complexity index is 377. The lowest BCUT2D eigenvalue weighted by molar-refractivity contribution is -0.108. The maximum atomic E-state index is 10.5. The standard InChI is InChI=1S/C14H17NO/c1-12(2)14(11-15,9-6-10-16)13-7-4-3-5-8-13/h3-5,7-8,10,12H,6,9H2,1-2H3/t14-/m1/s1. The maximum absolute atomic E-state index is 10.5. The average Bonchev–Trinajstić information content (AvgIpc) is 2.31. The van der Waals surface area contributed by atoms with Gasteiger partial charge in [0.1, 0.15) is 6.29 Å². The summed E-state index contributed by atoms with van der Waals surface area (Å²) in [7, 11) is 0. The van der Waals surface area contributed by atoms with E-state index in [0.29, 0.717) is 12.8 Å². The van der Waals surface area contributed by atoms with Crippen LogP contribution in [0.1, 0.15) is 32.3 Å². The van der Waals surface area contributed by atoms with Crippen molar-refractivity contribution in [2.75, 3.05) is 0 Å². The fourth-order valence-electron chi connectivity index (χ4n) is 2.04. The van der Waals surface area contributed by atoms with Crippen molar-refractivity contribution in [3.05, 3.63) is 35.9 Å². The summed E-state index contributed by atoms with van der Waals surface area (Å²) in [5.41, 5.74) is 0.469. The highest BCUT2D eigenvalue weighted by molar-refractivity contribution is 5.50. The van der Waals surface area contributed by atoms with Gasteiger partial charge in [0, 0.05) is 6.42 Å². The van der Waals surface area contributed by atoms with Crippen LogP contribution in [-0.2, 0) is 10.2 Å². The van der Waals surface area contributed by atoms with Crippen molar-refractivity contribution in [1.82, 2.24) is 0 Å². The average molecular weight is 215 g/mol. The Morgan fingerprint density at radius 2 is 2.00 bits per heavy atom. The van der Waals surface area contributed by atoms with Crippen molar-refractivity contribution in [1.29, 1.82) is 5.26 Å². The van der Waals surface area contributed by atoms with Gasteiger partial charge in [-0.25, -0.2) is 0 Å². The zero-order valence-corrected chi connectivity index (χ0v) is 9.81. The maximum Gasteiger partial charge on any atom is 0.120 e. The molecule has 0 aliphatic heterocycles. The first-order valence-electron chi connectivity index (χ1n) is 5.58. The van der Waals surface area contributed by atoms with Crippen LogP contribution in [-0.4, -0.2) is 6.29 Å². The lowest BCUT2D eigenvalue weighted by Gasteiger charge is -2.30. The smallest absolute Gasteiger partial charge is 0.120 e. The molecule has 0 unspecified atom stereocenters. The zero-order valence-electron chi connectivity index (χ0n) is 9.81. The van der Waals surface area contributed by atoms with Crippen molar-refractivity contribution in [3.63, 3.8) is 0 Å². The van der Waals surface area contributed by atoms with E-state index in [1.807, 2.05) is 44.2 Å². The Kier molecular flexibility index (Phi) is 4.25. The zero-order chi connectivity index (χ0) is 12.0. The Morgan fingerprint density at radius 3 is 2.44 bits per heavy atom. The van der Waals surface area contributed by atoms with E-state index >= 15 is 0 Å². The summed E-state index contributed by atoms with van der Waals surface area (Å²) in [5, 5.41) is 9.46. The van der Waals surface area contributed by atoms with Crippen molar-refractivity contribution in [3.8, 4) is 6.07 Å². The second-order valence-electron chi connectivity index (χ2n) is 4.31. The van der Waals surface area contributed by atoms with Crippen molar-refractivity contribution in [2.24, 2.45) is 5.92 Å². The third kappa shape index (κ3) is 2.30. The molecule has 0 aliphatic carbocycles. The number of carbonyl (C=O) groups is 1. The van der Waals surface area contributed by atoms with Gasteiger partial charge in [0.25, 0.3) is 0 Å². The van der Waals surface area contributed by atoms with Gasteiger partial charge in [0.15, 0.2) is 0 Å². The quantitative estimate of drug-likeness (QED) is 0.708. The minimum absolute atomic E-state index is 0.194. The van der Waals surface area contributed by atoms with E-state index in [9.17, 15) is 10.1 Å². The van der Waals surface area contributed by atoms with E-state index < -0.39 is 5.41 Å². The van der Waals surface area contributed by atoms with Crippen LogP contribution in [0.4, 0.5) is 0 Å². The fourth-order valence-corrected chi connectivity index (χ4v) is 2.04. The molecule has 0 saturated heterocycles. The Morgan fingerprint density at radius 1 is 1.38 bits per heavy atom. The van der Waals surface area contributed by atoms with Crippen LogP contribution in [0.15, 0.2) is 30.3 Å². The van der Waals surface area contributed by atoms with Gasteiger partial charge in [-0.1, -0.05) is 44.2 Å². The van der Waals surface area contributed by atoms with Gasteiger partial charge >= 0.3 is 0 Å². The molecule has 2 nitrogen and oxygen atoms in total. The summed E-state index contributed by atoms with van der Waals surface area (Å²) in [4.78, 5) is 10.5. The topological polar surface area (TPSA) is 40.9 Å². The minimum atomic E-state index is -0.540. The predicted molar refractivity (Wildman–Crippen MR) is 63.9 cm³/mol. The number of aldehydes is 1. The van der Waals surface area contributed by atoms with Gasteiger partial charge < -0.3 is 4.79 Å². The number of hydrogen-bond donors (Lipinski definition) is 0. The van der Waals surface area contributed by atoms with Crippen LogP contribution in [0.25, 0.3) is 0 Å². The molecule has 0 amide bonds. The Labute approximate surface area is 96.9 Å². The summed E-state index contributed by atoms with van der Waals surface area (Å²) in [5.74, 6) is 0.194. The molecule has 0 N–H and O–H groups in total. The van der Waals surface area contributed by atoms with Gasteiger partial charge in [-0.2, -0.15) is 5.26 Å². The number of nitriles is 1. The highest BCUT2D eigenvalue weighted by Crippen LogP contribution is 2.35. The molecule has 1 aromatic rings. The molecule has 1 rings (SSSR count). The molecule has 0 spiro atoms. The molecule has 0 fully saturated rings. The highest BCUT2D eigenvalue weighted by atomic mass is 16.1. The van der Waals surface area contributed by atoms with Gasteiger partial charge in [0.2, 0.25) is 0 Å². The van der Waals surface area contributed by atoms with Crippen molar-refractivity contribution in [2.45, 2.75) is 32.1 Å².